The van der Waals surface area contributed by atoms with Crippen molar-refractivity contribution in [3.8, 4) is 11.3 Å². The van der Waals surface area contributed by atoms with Crippen LogP contribution in [0, 0.1) is 5.92 Å². The molecule has 2 atom stereocenters. The number of ether oxygens (including phenoxy) is 1. The third-order valence-corrected chi connectivity index (χ3v) is 4.30. The molecule has 2 unspecified atom stereocenters. The lowest BCUT2D eigenvalue weighted by molar-refractivity contribution is 0.0754. The van der Waals surface area contributed by atoms with E-state index >= 15 is 0 Å². The molecule has 4 rings (SSSR count). The zero-order valence-corrected chi connectivity index (χ0v) is 11.3. The number of nitrogens with two attached hydrogens (primary N) is 1. The van der Waals surface area contributed by atoms with E-state index in [4.69, 9.17) is 10.5 Å². The van der Waals surface area contributed by atoms with Gasteiger partial charge in [0.25, 0.3) is 0 Å². The summed E-state index contributed by atoms with van der Waals surface area (Å²) < 4.78 is 8.19. The fourth-order valence-electron chi connectivity index (χ4n) is 3.12. The number of hydrogen-bond acceptors (Lipinski definition) is 4. The summed E-state index contributed by atoms with van der Waals surface area (Å²) in [6.45, 7) is 0.851. The predicted octanol–water partition coefficient (Wildman–Crippen LogP) is 2.27. The Balaban J connectivity index is 1.69. The van der Waals surface area contributed by atoms with Gasteiger partial charge in [-0.05, 0) is 37.3 Å². The number of aromatic nitrogens is 3. The molecule has 0 bridgehead atoms. The Labute approximate surface area is 117 Å². The zero-order valence-electron chi connectivity index (χ0n) is 11.3. The SMILES string of the molecule is Nc1ccc(-c2cncn2C2CCOC2C2CC2)cn1. The van der Waals surface area contributed by atoms with Gasteiger partial charge in [0.15, 0.2) is 0 Å². The van der Waals surface area contributed by atoms with Crippen LogP contribution in [0.1, 0.15) is 25.3 Å². The highest BCUT2D eigenvalue weighted by Crippen LogP contribution is 2.44. The van der Waals surface area contributed by atoms with Crippen molar-refractivity contribution in [3.63, 3.8) is 0 Å². The van der Waals surface area contributed by atoms with Crippen molar-refractivity contribution < 1.29 is 4.74 Å². The molecule has 104 valence electrons. The first-order valence-corrected chi connectivity index (χ1v) is 7.18. The van der Waals surface area contributed by atoms with Gasteiger partial charge in [0.2, 0.25) is 0 Å². The maximum absolute atomic E-state index is 5.94. The second-order valence-electron chi connectivity index (χ2n) is 5.69. The standard InChI is InChI=1S/C15H18N4O/c16-14-4-3-11(7-18-14)13-8-17-9-19(13)12-5-6-20-15(12)10-1-2-10/h3-4,7-10,12,15H,1-2,5-6H2,(H2,16,18). The molecule has 2 aliphatic rings. The lowest BCUT2D eigenvalue weighted by Crippen LogP contribution is -2.22. The van der Waals surface area contributed by atoms with Gasteiger partial charge in [-0.1, -0.05) is 0 Å². The van der Waals surface area contributed by atoms with Crippen LogP contribution >= 0.6 is 0 Å². The molecule has 2 N–H and O–H groups in total. The lowest BCUT2D eigenvalue weighted by Gasteiger charge is -2.21. The lowest BCUT2D eigenvalue weighted by atomic mass is 10.1. The summed E-state index contributed by atoms with van der Waals surface area (Å²) >= 11 is 0. The molecule has 0 aromatic carbocycles. The summed E-state index contributed by atoms with van der Waals surface area (Å²) in [5.41, 5.74) is 7.81. The van der Waals surface area contributed by atoms with Gasteiger partial charge in [-0.25, -0.2) is 9.97 Å². The summed E-state index contributed by atoms with van der Waals surface area (Å²) in [6, 6.07) is 4.23. The van der Waals surface area contributed by atoms with Crippen LogP contribution in [0.5, 0.6) is 0 Å². The molecule has 2 fully saturated rings. The fraction of sp³-hybridized carbons (Fsp3) is 0.467. The molecule has 0 amide bonds. The Morgan fingerprint density at radius 2 is 2.10 bits per heavy atom. The molecule has 0 radical (unpaired) electrons. The van der Waals surface area contributed by atoms with Gasteiger partial charge in [-0.2, -0.15) is 0 Å². The Hall–Kier alpha value is -1.88. The molecule has 1 saturated carbocycles. The van der Waals surface area contributed by atoms with Crippen LogP contribution in [0.4, 0.5) is 5.82 Å². The van der Waals surface area contributed by atoms with Gasteiger partial charge >= 0.3 is 0 Å². The summed E-state index contributed by atoms with van der Waals surface area (Å²) in [6.07, 6.45) is 9.64. The van der Waals surface area contributed by atoms with E-state index in [0.29, 0.717) is 18.0 Å². The van der Waals surface area contributed by atoms with E-state index in [1.807, 2.05) is 30.9 Å². The van der Waals surface area contributed by atoms with E-state index in [1.54, 1.807) is 0 Å². The quantitative estimate of drug-likeness (QED) is 0.929. The van der Waals surface area contributed by atoms with Gasteiger partial charge in [-0.15, -0.1) is 0 Å². The number of rotatable bonds is 3. The van der Waals surface area contributed by atoms with Crippen LogP contribution in [0.3, 0.4) is 0 Å². The van der Waals surface area contributed by atoms with Crippen molar-refractivity contribution in [1.29, 1.82) is 0 Å². The first-order chi connectivity index (χ1) is 9.83. The molecule has 1 aliphatic heterocycles. The Morgan fingerprint density at radius 3 is 2.85 bits per heavy atom. The van der Waals surface area contributed by atoms with Crippen molar-refractivity contribution in [3.05, 3.63) is 30.9 Å². The van der Waals surface area contributed by atoms with E-state index in [9.17, 15) is 0 Å². The largest absolute Gasteiger partial charge is 0.384 e. The topological polar surface area (TPSA) is 66.0 Å². The second kappa shape index (κ2) is 4.59. The predicted molar refractivity (Wildman–Crippen MR) is 76.0 cm³/mol. The van der Waals surface area contributed by atoms with E-state index in [0.717, 1.165) is 30.2 Å². The molecule has 2 aromatic heterocycles. The molecule has 5 nitrogen and oxygen atoms in total. The zero-order chi connectivity index (χ0) is 13.5. The van der Waals surface area contributed by atoms with E-state index in [-0.39, 0.29) is 0 Å². The van der Waals surface area contributed by atoms with Crippen molar-refractivity contribution in [2.45, 2.75) is 31.4 Å². The molecule has 0 spiro atoms. The number of imidazole rings is 1. The van der Waals surface area contributed by atoms with Gasteiger partial charge in [0, 0.05) is 18.4 Å². The molecule has 5 heteroatoms. The van der Waals surface area contributed by atoms with Crippen LogP contribution in [0.25, 0.3) is 11.3 Å². The monoisotopic (exact) mass is 270 g/mol. The number of anilines is 1. The molecular weight excluding hydrogens is 252 g/mol. The molecular formula is C15H18N4O. The second-order valence-corrected chi connectivity index (χ2v) is 5.69. The van der Waals surface area contributed by atoms with Crippen molar-refractivity contribution in [1.82, 2.24) is 14.5 Å². The van der Waals surface area contributed by atoms with Crippen LogP contribution in [-0.2, 0) is 4.74 Å². The highest BCUT2D eigenvalue weighted by Gasteiger charge is 2.41. The van der Waals surface area contributed by atoms with Crippen molar-refractivity contribution in [2.24, 2.45) is 5.92 Å². The van der Waals surface area contributed by atoms with Gasteiger partial charge in [0.05, 0.1) is 30.4 Å². The van der Waals surface area contributed by atoms with E-state index in [2.05, 4.69) is 14.5 Å². The minimum atomic E-state index is 0.352. The molecule has 1 aliphatic carbocycles. The van der Waals surface area contributed by atoms with Crippen LogP contribution < -0.4 is 5.73 Å². The Morgan fingerprint density at radius 1 is 1.20 bits per heavy atom. The first kappa shape index (κ1) is 11.9. The summed E-state index contributed by atoms with van der Waals surface area (Å²) in [5, 5.41) is 0. The smallest absolute Gasteiger partial charge is 0.123 e. The first-order valence-electron chi connectivity index (χ1n) is 7.18. The average molecular weight is 270 g/mol. The number of pyridine rings is 1. The highest BCUT2D eigenvalue weighted by molar-refractivity contribution is 5.59. The van der Waals surface area contributed by atoms with Crippen LogP contribution in [-0.4, -0.2) is 27.2 Å². The van der Waals surface area contributed by atoms with Gasteiger partial charge in [-0.3, -0.25) is 0 Å². The normalized spacial score (nSPS) is 26.0. The highest BCUT2D eigenvalue weighted by atomic mass is 16.5. The maximum atomic E-state index is 5.94. The van der Waals surface area contributed by atoms with E-state index in [1.165, 1.54) is 12.8 Å². The van der Waals surface area contributed by atoms with Gasteiger partial charge in [0.1, 0.15) is 5.82 Å². The molecule has 1 saturated heterocycles. The summed E-state index contributed by atoms with van der Waals surface area (Å²) in [4.78, 5) is 8.50. The number of hydrogen-bond donors (Lipinski definition) is 1. The Kier molecular flexibility index (Phi) is 2.73. The molecule has 20 heavy (non-hydrogen) atoms. The fourth-order valence-corrected chi connectivity index (χ4v) is 3.12. The number of nitrogen functional groups attached to an aromatic ring is 1. The minimum Gasteiger partial charge on any atom is -0.384 e. The maximum Gasteiger partial charge on any atom is 0.123 e. The van der Waals surface area contributed by atoms with Crippen molar-refractivity contribution >= 4 is 5.82 Å². The molecule has 3 heterocycles. The summed E-state index contributed by atoms with van der Waals surface area (Å²) in [7, 11) is 0. The van der Waals surface area contributed by atoms with E-state index < -0.39 is 0 Å². The van der Waals surface area contributed by atoms with Crippen molar-refractivity contribution in [2.75, 3.05) is 12.3 Å². The third kappa shape index (κ3) is 1.98. The Bertz CT molecular complexity index is 603. The molecule has 2 aromatic rings. The summed E-state index contributed by atoms with van der Waals surface area (Å²) in [5.74, 6) is 1.28. The van der Waals surface area contributed by atoms with Crippen LogP contribution in [0.2, 0.25) is 0 Å². The minimum absolute atomic E-state index is 0.352. The average Bonchev–Trinajstić information content (AvgIpc) is 3.01. The van der Waals surface area contributed by atoms with Gasteiger partial charge < -0.3 is 15.0 Å². The van der Waals surface area contributed by atoms with Crippen LogP contribution in [0.15, 0.2) is 30.9 Å². The number of nitrogens with zero attached hydrogens (tertiary/aromatic N) is 3. The third-order valence-electron chi connectivity index (χ3n) is 4.30.